The number of rotatable bonds is 6. The van der Waals surface area contributed by atoms with E-state index in [0.717, 1.165) is 16.2 Å². The standard InChI is InChI=1S/C20H19FN2O2/c1-23(14-18-8-5-13-25-18)19(15-6-3-2-4-7-15)20(24)22-17-11-9-16(21)10-12-17/h2-13,19H,14H2,1H3,(H,22,24)/p+1/t19-/m1/s1. The first-order chi connectivity index (χ1) is 12.1. The third-order valence-electron chi connectivity index (χ3n) is 4.03. The Kier molecular flexibility index (Phi) is 5.26. The van der Waals surface area contributed by atoms with E-state index in [4.69, 9.17) is 4.42 Å². The average molecular weight is 339 g/mol. The van der Waals surface area contributed by atoms with E-state index >= 15 is 0 Å². The van der Waals surface area contributed by atoms with Gasteiger partial charge in [0, 0.05) is 11.3 Å². The first-order valence-electron chi connectivity index (χ1n) is 8.09. The van der Waals surface area contributed by atoms with Gasteiger partial charge in [-0.25, -0.2) is 4.39 Å². The summed E-state index contributed by atoms with van der Waals surface area (Å²) in [6.45, 7) is 0.573. The van der Waals surface area contributed by atoms with Crippen LogP contribution < -0.4 is 10.2 Å². The summed E-state index contributed by atoms with van der Waals surface area (Å²) in [5.41, 5.74) is 1.48. The monoisotopic (exact) mass is 339 g/mol. The van der Waals surface area contributed by atoms with Crippen LogP contribution in [-0.4, -0.2) is 13.0 Å². The van der Waals surface area contributed by atoms with Gasteiger partial charge in [-0.1, -0.05) is 30.3 Å². The molecule has 2 N–H and O–H groups in total. The Morgan fingerprint density at radius 2 is 1.80 bits per heavy atom. The number of benzene rings is 2. The fourth-order valence-corrected chi connectivity index (χ4v) is 2.84. The van der Waals surface area contributed by atoms with Gasteiger partial charge in [-0.3, -0.25) is 4.79 Å². The average Bonchev–Trinajstić information content (AvgIpc) is 3.11. The van der Waals surface area contributed by atoms with Crippen LogP contribution in [0.25, 0.3) is 0 Å². The summed E-state index contributed by atoms with van der Waals surface area (Å²) in [5.74, 6) is 0.327. The maximum atomic E-state index is 13.1. The highest BCUT2D eigenvalue weighted by Gasteiger charge is 2.29. The summed E-state index contributed by atoms with van der Waals surface area (Å²) in [5, 5.41) is 2.87. The predicted octanol–water partition coefficient (Wildman–Crippen LogP) is 2.81. The van der Waals surface area contributed by atoms with E-state index in [1.807, 2.05) is 49.5 Å². The van der Waals surface area contributed by atoms with E-state index in [9.17, 15) is 9.18 Å². The number of halogens is 1. The zero-order valence-corrected chi connectivity index (χ0v) is 13.9. The second-order valence-corrected chi connectivity index (χ2v) is 5.94. The molecular weight excluding hydrogens is 319 g/mol. The van der Waals surface area contributed by atoms with E-state index in [-0.39, 0.29) is 11.7 Å². The fourth-order valence-electron chi connectivity index (χ4n) is 2.84. The Balaban J connectivity index is 1.82. The number of hydrogen-bond acceptors (Lipinski definition) is 2. The van der Waals surface area contributed by atoms with Gasteiger partial charge in [0.2, 0.25) is 0 Å². The van der Waals surface area contributed by atoms with Crippen LogP contribution in [0.2, 0.25) is 0 Å². The van der Waals surface area contributed by atoms with Gasteiger partial charge in [0.15, 0.2) is 11.8 Å². The van der Waals surface area contributed by atoms with Crippen molar-refractivity contribution in [2.45, 2.75) is 12.6 Å². The normalized spacial score (nSPS) is 13.2. The molecule has 0 saturated carbocycles. The molecule has 0 aliphatic rings. The highest BCUT2D eigenvalue weighted by molar-refractivity contribution is 5.94. The number of likely N-dealkylation sites (N-methyl/N-ethyl adjacent to an activating group) is 1. The molecule has 2 aromatic carbocycles. The van der Waals surface area contributed by atoms with Crippen molar-refractivity contribution in [3.8, 4) is 0 Å². The molecule has 1 unspecified atom stereocenters. The molecule has 2 atom stereocenters. The maximum absolute atomic E-state index is 13.1. The van der Waals surface area contributed by atoms with Crippen LogP contribution in [0.3, 0.4) is 0 Å². The minimum absolute atomic E-state index is 0.151. The summed E-state index contributed by atoms with van der Waals surface area (Å²) in [4.78, 5) is 13.9. The Morgan fingerprint density at radius 3 is 2.44 bits per heavy atom. The van der Waals surface area contributed by atoms with Gasteiger partial charge >= 0.3 is 0 Å². The zero-order chi connectivity index (χ0) is 17.6. The van der Waals surface area contributed by atoms with Crippen LogP contribution >= 0.6 is 0 Å². The molecule has 3 aromatic rings. The summed E-state index contributed by atoms with van der Waals surface area (Å²) < 4.78 is 18.5. The van der Waals surface area contributed by atoms with Crippen LogP contribution in [0.1, 0.15) is 17.4 Å². The molecule has 0 spiro atoms. The summed E-state index contributed by atoms with van der Waals surface area (Å²) in [6, 6.07) is 18.7. The Hall–Kier alpha value is -2.92. The smallest absolute Gasteiger partial charge is 0.287 e. The predicted molar refractivity (Wildman–Crippen MR) is 93.5 cm³/mol. The summed E-state index contributed by atoms with van der Waals surface area (Å²) >= 11 is 0. The Morgan fingerprint density at radius 1 is 1.08 bits per heavy atom. The number of hydrogen-bond donors (Lipinski definition) is 2. The number of anilines is 1. The molecular formula is C20H20FN2O2+. The van der Waals surface area contributed by atoms with Crippen LogP contribution in [0.4, 0.5) is 10.1 Å². The largest absolute Gasteiger partial charge is 0.463 e. The SMILES string of the molecule is C[NH+](Cc1ccco1)[C@@H](C(=O)Nc1ccc(F)cc1)c1ccccc1. The molecule has 3 rings (SSSR count). The molecule has 25 heavy (non-hydrogen) atoms. The third kappa shape index (κ3) is 4.33. The topological polar surface area (TPSA) is 46.7 Å². The molecule has 5 heteroatoms. The van der Waals surface area contributed by atoms with Crippen LogP contribution in [0.15, 0.2) is 77.4 Å². The zero-order valence-electron chi connectivity index (χ0n) is 13.9. The minimum atomic E-state index is -0.420. The molecule has 0 saturated heterocycles. The van der Waals surface area contributed by atoms with Crippen LogP contribution in [0, 0.1) is 5.82 Å². The van der Waals surface area contributed by atoms with E-state index < -0.39 is 6.04 Å². The van der Waals surface area contributed by atoms with E-state index in [1.54, 1.807) is 18.4 Å². The van der Waals surface area contributed by atoms with Crippen molar-refractivity contribution < 1.29 is 18.5 Å². The van der Waals surface area contributed by atoms with E-state index in [2.05, 4.69) is 5.32 Å². The van der Waals surface area contributed by atoms with Crippen molar-refractivity contribution in [2.24, 2.45) is 0 Å². The van der Waals surface area contributed by atoms with Crippen LogP contribution in [0.5, 0.6) is 0 Å². The van der Waals surface area contributed by atoms with Gasteiger partial charge in [-0.05, 0) is 36.4 Å². The second-order valence-electron chi connectivity index (χ2n) is 5.94. The van der Waals surface area contributed by atoms with E-state index in [1.165, 1.54) is 12.1 Å². The molecule has 4 nitrogen and oxygen atoms in total. The van der Waals surface area contributed by atoms with Gasteiger partial charge in [-0.2, -0.15) is 0 Å². The molecule has 1 aromatic heterocycles. The highest BCUT2D eigenvalue weighted by Crippen LogP contribution is 2.15. The van der Waals surface area contributed by atoms with Crippen molar-refractivity contribution in [3.63, 3.8) is 0 Å². The van der Waals surface area contributed by atoms with Crippen LogP contribution in [-0.2, 0) is 11.3 Å². The van der Waals surface area contributed by atoms with Crippen molar-refractivity contribution in [1.82, 2.24) is 0 Å². The lowest BCUT2D eigenvalue weighted by Crippen LogP contribution is -3.09. The highest BCUT2D eigenvalue weighted by atomic mass is 19.1. The first-order valence-corrected chi connectivity index (χ1v) is 8.09. The molecule has 1 amide bonds. The maximum Gasteiger partial charge on any atom is 0.287 e. The van der Waals surface area contributed by atoms with Crippen molar-refractivity contribution in [2.75, 3.05) is 12.4 Å². The first kappa shape index (κ1) is 16.9. The van der Waals surface area contributed by atoms with E-state index in [0.29, 0.717) is 12.2 Å². The molecule has 0 aliphatic carbocycles. The Bertz CT molecular complexity index is 801. The molecule has 0 fully saturated rings. The van der Waals surface area contributed by atoms with Crippen molar-refractivity contribution in [1.29, 1.82) is 0 Å². The van der Waals surface area contributed by atoms with Gasteiger partial charge in [0.1, 0.15) is 12.4 Å². The number of furan rings is 1. The summed E-state index contributed by atoms with van der Waals surface area (Å²) in [7, 11) is 1.95. The molecule has 1 heterocycles. The van der Waals surface area contributed by atoms with Crippen molar-refractivity contribution in [3.05, 3.63) is 90.1 Å². The van der Waals surface area contributed by atoms with Gasteiger partial charge in [0.25, 0.3) is 5.91 Å². The molecule has 0 bridgehead atoms. The number of carbonyl (C=O) groups is 1. The van der Waals surface area contributed by atoms with Gasteiger partial charge in [0.05, 0.1) is 13.3 Å². The molecule has 0 radical (unpaired) electrons. The Labute approximate surface area is 145 Å². The minimum Gasteiger partial charge on any atom is -0.463 e. The quantitative estimate of drug-likeness (QED) is 0.725. The number of amides is 1. The molecule has 128 valence electrons. The van der Waals surface area contributed by atoms with Gasteiger partial charge in [-0.15, -0.1) is 0 Å². The second kappa shape index (κ2) is 7.77. The number of quaternary nitrogens is 1. The van der Waals surface area contributed by atoms with Gasteiger partial charge < -0.3 is 14.6 Å². The van der Waals surface area contributed by atoms with Crippen molar-refractivity contribution >= 4 is 11.6 Å². The fraction of sp³-hybridized carbons (Fsp3) is 0.150. The number of nitrogens with one attached hydrogen (secondary N) is 2. The number of carbonyl (C=O) groups excluding carboxylic acids is 1. The molecule has 0 aliphatic heterocycles. The summed E-state index contributed by atoms with van der Waals surface area (Å²) in [6.07, 6.45) is 1.62. The lowest BCUT2D eigenvalue weighted by molar-refractivity contribution is -0.916. The third-order valence-corrected chi connectivity index (χ3v) is 4.03. The lowest BCUT2D eigenvalue weighted by Gasteiger charge is -2.24. The lowest BCUT2D eigenvalue weighted by atomic mass is 10.0.